The molecule has 4 aromatic heterocycles. The van der Waals surface area contributed by atoms with E-state index in [9.17, 15) is 4.79 Å². The fourth-order valence-electron chi connectivity index (χ4n) is 7.23. The molecule has 9 nitrogen and oxygen atoms in total. The van der Waals surface area contributed by atoms with E-state index in [-0.39, 0.29) is 18.0 Å². The topological polar surface area (TPSA) is 96.1 Å². The normalized spacial score (nSPS) is 22.0. The second-order valence-corrected chi connectivity index (χ2v) is 13.6. The second-order valence-electron chi connectivity index (χ2n) is 12.7. The first-order valence-electron chi connectivity index (χ1n) is 15.1. The van der Waals surface area contributed by atoms with Crippen molar-refractivity contribution >= 4 is 38.5 Å². The van der Waals surface area contributed by atoms with Gasteiger partial charge in [0.2, 0.25) is 0 Å². The first-order valence-corrected chi connectivity index (χ1v) is 16.0. The lowest BCUT2D eigenvalue weighted by Crippen LogP contribution is -2.41. The largest absolute Gasteiger partial charge is 0.494 e. The van der Waals surface area contributed by atoms with Gasteiger partial charge in [0.15, 0.2) is 5.82 Å². The van der Waals surface area contributed by atoms with Crippen LogP contribution < -0.4 is 10.5 Å². The van der Waals surface area contributed by atoms with Crippen LogP contribution >= 0.6 is 11.3 Å². The van der Waals surface area contributed by atoms with E-state index in [0.29, 0.717) is 29.2 Å². The van der Waals surface area contributed by atoms with Crippen molar-refractivity contribution < 1.29 is 9.53 Å². The molecule has 218 valence electrons. The molecule has 3 atom stereocenters. The average Bonchev–Trinajstić information content (AvgIpc) is 3.48. The third-order valence-corrected chi connectivity index (χ3v) is 10.7. The van der Waals surface area contributed by atoms with Gasteiger partial charge in [-0.1, -0.05) is 0 Å². The first kappa shape index (κ1) is 26.0. The maximum atomic E-state index is 13.7. The molecule has 0 unspecified atom stereocenters. The zero-order chi connectivity index (χ0) is 28.9. The summed E-state index contributed by atoms with van der Waals surface area (Å²) in [6, 6.07) is 6.61. The molecule has 1 amide bonds. The number of benzene rings is 1. The predicted octanol–water partition coefficient (Wildman–Crippen LogP) is 5.68. The van der Waals surface area contributed by atoms with E-state index in [1.165, 1.54) is 28.6 Å². The molecule has 3 fully saturated rings. The van der Waals surface area contributed by atoms with Gasteiger partial charge in [-0.2, -0.15) is 5.10 Å². The Balaban J connectivity index is 1.25. The number of methoxy groups -OCH3 is 1. The molecule has 1 aliphatic heterocycles. The molecule has 1 saturated heterocycles. The Kier molecular flexibility index (Phi) is 5.85. The molecule has 10 heteroatoms. The smallest absolute Gasteiger partial charge is 0.254 e. The Morgan fingerprint density at radius 2 is 2.00 bits per heavy atom. The highest BCUT2D eigenvalue weighted by molar-refractivity contribution is 7.17. The minimum absolute atomic E-state index is 0.0225. The number of nitrogens with two attached hydrogens (primary N) is 1. The van der Waals surface area contributed by atoms with Crippen LogP contribution in [-0.4, -0.2) is 60.4 Å². The number of rotatable bonds is 7. The second kappa shape index (κ2) is 9.44. The lowest BCUT2D eigenvalue weighted by Gasteiger charge is -2.27. The zero-order valence-electron chi connectivity index (χ0n) is 24.6. The van der Waals surface area contributed by atoms with Gasteiger partial charge in [0, 0.05) is 66.5 Å². The number of amides is 1. The Morgan fingerprint density at radius 1 is 1.17 bits per heavy atom. The summed E-state index contributed by atoms with van der Waals surface area (Å²) in [5.41, 5.74) is 13.4. The van der Waals surface area contributed by atoms with Crippen molar-refractivity contribution in [1.29, 1.82) is 0 Å². The lowest BCUT2D eigenvalue weighted by atomic mass is 10.1. The molecule has 0 radical (unpaired) electrons. The van der Waals surface area contributed by atoms with E-state index in [1.54, 1.807) is 18.4 Å². The monoisotopic (exact) mass is 583 g/mol. The van der Waals surface area contributed by atoms with E-state index in [2.05, 4.69) is 45.7 Å². The molecule has 8 rings (SSSR count). The van der Waals surface area contributed by atoms with Gasteiger partial charge in [-0.05, 0) is 69.6 Å². The summed E-state index contributed by atoms with van der Waals surface area (Å²) in [6.07, 6.45) is 8.74. The number of nitrogens with zero attached hydrogens (tertiary/aromatic N) is 6. The summed E-state index contributed by atoms with van der Waals surface area (Å²) in [5, 5.41) is 6.88. The quantitative estimate of drug-likeness (QED) is 0.266. The van der Waals surface area contributed by atoms with Gasteiger partial charge >= 0.3 is 0 Å². The number of carbonyl (C=O) groups is 1. The van der Waals surface area contributed by atoms with Crippen molar-refractivity contribution in [2.24, 2.45) is 24.6 Å². The van der Waals surface area contributed by atoms with Crippen molar-refractivity contribution in [1.82, 2.24) is 28.8 Å². The van der Waals surface area contributed by atoms with Crippen molar-refractivity contribution in [3.8, 4) is 28.4 Å². The third kappa shape index (κ3) is 3.87. The van der Waals surface area contributed by atoms with Gasteiger partial charge in [-0.3, -0.25) is 9.48 Å². The van der Waals surface area contributed by atoms with Crippen molar-refractivity contribution in [2.75, 3.05) is 13.7 Å². The molecule has 2 aliphatic carbocycles. The van der Waals surface area contributed by atoms with Crippen LogP contribution in [0.25, 0.3) is 43.9 Å². The maximum absolute atomic E-state index is 13.7. The number of thiophene rings is 1. The van der Waals surface area contributed by atoms with Gasteiger partial charge < -0.3 is 24.5 Å². The molecule has 2 bridgehead atoms. The number of hydrogen-bond acceptors (Lipinski definition) is 6. The number of likely N-dealkylation sites (tertiary alicyclic amines) is 1. The van der Waals surface area contributed by atoms with Crippen LogP contribution in [0.3, 0.4) is 0 Å². The van der Waals surface area contributed by atoms with Crippen molar-refractivity contribution in [2.45, 2.75) is 64.2 Å². The number of ether oxygens (including phenoxy) is 1. The minimum Gasteiger partial charge on any atom is -0.494 e. The van der Waals surface area contributed by atoms with Crippen molar-refractivity contribution in [3.05, 3.63) is 41.5 Å². The Morgan fingerprint density at radius 3 is 2.67 bits per heavy atom. The molecule has 2 saturated carbocycles. The summed E-state index contributed by atoms with van der Waals surface area (Å²) in [5.74, 6) is 2.65. The minimum atomic E-state index is 0.0225. The standard InChI is InChI=1S/C32H37N7O2S/c1-17(2)39-15-21(12-34-39)22-16-42-27-11-25(37(29(22)27)13-18-5-6-18)31-35-23-9-20(10-26(41-4)30(23)36(31)3)32(40)38-14-19-7-8-24(38)28(19)33/h9-12,15-19,24,28H,5-8,13-14,33H2,1-4H3/t19-,24-,28-/m1/s1. The van der Waals surface area contributed by atoms with Gasteiger partial charge in [0.25, 0.3) is 5.91 Å². The number of imidazole rings is 1. The summed E-state index contributed by atoms with van der Waals surface area (Å²) >= 11 is 1.77. The van der Waals surface area contributed by atoms with E-state index in [4.69, 9.17) is 15.5 Å². The predicted molar refractivity (Wildman–Crippen MR) is 166 cm³/mol. The molecule has 1 aromatic carbocycles. The van der Waals surface area contributed by atoms with Crippen molar-refractivity contribution in [3.63, 3.8) is 0 Å². The van der Waals surface area contributed by atoms with Gasteiger partial charge in [-0.25, -0.2) is 4.98 Å². The Bertz CT molecular complexity index is 1860. The van der Waals surface area contributed by atoms with Gasteiger partial charge in [-0.15, -0.1) is 11.3 Å². The zero-order valence-corrected chi connectivity index (χ0v) is 25.4. The number of carbonyl (C=O) groups excluding carboxylic acids is 1. The number of fused-ring (bicyclic) bond motifs is 4. The molecule has 3 aliphatic rings. The summed E-state index contributed by atoms with van der Waals surface area (Å²) < 4.78 is 13.7. The molecule has 0 spiro atoms. The van der Waals surface area contributed by atoms with Crippen LogP contribution in [0.5, 0.6) is 5.75 Å². The van der Waals surface area contributed by atoms with Gasteiger partial charge in [0.05, 0.1) is 34.7 Å². The van der Waals surface area contributed by atoms with Crippen LogP contribution in [0, 0.1) is 11.8 Å². The Labute approximate surface area is 248 Å². The number of hydrogen-bond donors (Lipinski definition) is 1. The van der Waals surface area contributed by atoms with E-state index in [1.807, 2.05) is 35.0 Å². The van der Waals surface area contributed by atoms with E-state index >= 15 is 0 Å². The maximum Gasteiger partial charge on any atom is 0.254 e. The fraction of sp³-hybridized carbons (Fsp3) is 0.469. The molecule has 42 heavy (non-hydrogen) atoms. The molecule has 2 N–H and O–H groups in total. The summed E-state index contributed by atoms with van der Waals surface area (Å²) in [7, 11) is 3.71. The van der Waals surface area contributed by atoms with Crippen LogP contribution in [-0.2, 0) is 13.6 Å². The summed E-state index contributed by atoms with van der Waals surface area (Å²) in [6.45, 7) is 6.00. The molecular formula is C32H37N7O2S. The highest BCUT2D eigenvalue weighted by atomic mass is 32.1. The van der Waals surface area contributed by atoms with E-state index in [0.717, 1.165) is 54.0 Å². The molecule has 5 heterocycles. The highest BCUT2D eigenvalue weighted by Gasteiger charge is 2.47. The van der Waals surface area contributed by atoms with Crippen LogP contribution in [0.15, 0.2) is 36.0 Å². The number of piperidine rings is 1. The number of aromatic nitrogens is 5. The third-order valence-electron chi connectivity index (χ3n) is 9.74. The number of aryl methyl sites for hydroxylation is 1. The van der Waals surface area contributed by atoms with Crippen LogP contribution in [0.2, 0.25) is 0 Å². The molecule has 5 aromatic rings. The SMILES string of the molecule is COc1cc(C(=O)N2C[C@H]3CC[C@@H]2[C@@H]3N)cc2nc(-c3cc4scc(-c5cnn(C(C)C)c5)c4n3CC3CC3)n(C)c12. The summed E-state index contributed by atoms with van der Waals surface area (Å²) in [4.78, 5) is 20.9. The average molecular weight is 584 g/mol. The lowest BCUT2D eigenvalue weighted by molar-refractivity contribution is 0.0700. The molecular weight excluding hydrogens is 546 g/mol. The Hall–Kier alpha value is -3.63. The fourth-order valence-corrected chi connectivity index (χ4v) is 8.24. The van der Waals surface area contributed by atoms with Gasteiger partial charge in [0.1, 0.15) is 11.3 Å². The van der Waals surface area contributed by atoms with Crippen LogP contribution in [0.4, 0.5) is 0 Å². The van der Waals surface area contributed by atoms with E-state index < -0.39 is 0 Å². The highest BCUT2D eigenvalue weighted by Crippen LogP contribution is 2.43. The van der Waals surface area contributed by atoms with Crippen LogP contribution in [0.1, 0.15) is 55.9 Å². The first-order chi connectivity index (χ1) is 20.3.